The van der Waals surface area contributed by atoms with Gasteiger partial charge in [0, 0.05) is 11.6 Å². The molecule has 0 spiro atoms. The van der Waals surface area contributed by atoms with E-state index in [0.717, 1.165) is 24.7 Å². The molecule has 3 heteroatoms. The van der Waals surface area contributed by atoms with Crippen LogP contribution in [0, 0.1) is 23.6 Å². The third-order valence-electron chi connectivity index (χ3n) is 4.61. The highest BCUT2D eigenvalue weighted by atomic mass is 79.9. The minimum Gasteiger partial charge on any atom is -0.324 e. The summed E-state index contributed by atoms with van der Waals surface area (Å²) >= 11 is 3.24. The van der Waals surface area contributed by atoms with Gasteiger partial charge in [-0.2, -0.15) is 0 Å². The molecule has 2 rings (SSSR count). The first-order chi connectivity index (χ1) is 9.00. The SMILES string of the molecule is CC(C)C1CCC(C(N)c2cccc(Br)c2F)CC1. The number of nitrogens with two attached hydrogens (primary N) is 1. The second-order valence-corrected chi connectivity index (χ2v) is 6.94. The molecule has 0 aliphatic heterocycles. The average molecular weight is 328 g/mol. The monoisotopic (exact) mass is 327 g/mol. The number of halogens is 2. The van der Waals surface area contributed by atoms with Gasteiger partial charge < -0.3 is 5.73 Å². The summed E-state index contributed by atoms with van der Waals surface area (Å²) in [5.74, 6) is 1.79. The normalized spacial score (nSPS) is 25.6. The first-order valence-electron chi connectivity index (χ1n) is 7.20. The quantitative estimate of drug-likeness (QED) is 0.825. The summed E-state index contributed by atoms with van der Waals surface area (Å²) in [6.07, 6.45) is 4.70. The van der Waals surface area contributed by atoms with Gasteiger partial charge in [-0.15, -0.1) is 0 Å². The minimum absolute atomic E-state index is 0.175. The summed E-state index contributed by atoms with van der Waals surface area (Å²) < 4.78 is 14.6. The van der Waals surface area contributed by atoms with E-state index < -0.39 is 0 Å². The molecule has 1 aromatic rings. The molecular weight excluding hydrogens is 305 g/mol. The van der Waals surface area contributed by atoms with Gasteiger partial charge in [-0.25, -0.2) is 4.39 Å². The predicted molar refractivity (Wildman–Crippen MR) is 81.3 cm³/mol. The minimum atomic E-state index is -0.194. The second-order valence-electron chi connectivity index (χ2n) is 6.09. The fraction of sp³-hybridized carbons (Fsp3) is 0.625. The molecule has 1 nitrogen and oxygen atoms in total. The highest BCUT2D eigenvalue weighted by molar-refractivity contribution is 9.10. The van der Waals surface area contributed by atoms with Crippen molar-refractivity contribution >= 4 is 15.9 Å². The summed E-state index contributed by atoms with van der Waals surface area (Å²) in [5, 5.41) is 0. The van der Waals surface area contributed by atoms with Crippen LogP contribution in [-0.4, -0.2) is 0 Å². The highest BCUT2D eigenvalue weighted by Crippen LogP contribution is 2.39. The van der Waals surface area contributed by atoms with Crippen LogP contribution in [0.25, 0.3) is 0 Å². The lowest BCUT2D eigenvalue weighted by atomic mass is 9.73. The van der Waals surface area contributed by atoms with Crippen molar-refractivity contribution < 1.29 is 4.39 Å². The van der Waals surface area contributed by atoms with E-state index in [9.17, 15) is 4.39 Å². The Bertz CT molecular complexity index is 425. The zero-order valence-electron chi connectivity index (χ0n) is 11.7. The van der Waals surface area contributed by atoms with Crippen molar-refractivity contribution in [2.24, 2.45) is 23.5 Å². The van der Waals surface area contributed by atoms with Crippen molar-refractivity contribution in [2.45, 2.75) is 45.6 Å². The molecule has 0 radical (unpaired) electrons. The van der Waals surface area contributed by atoms with Crippen LogP contribution >= 0.6 is 15.9 Å². The van der Waals surface area contributed by atoms with Crippen LogP contribution in [0.2, 0.25) is 0 Å². The van der Waals surface area contributed by atoms with Gasteiger partial charge in [0.2, 0.25) is 0 Å². The van der Waals surface area contributed by atoms with Crippen molar-refractivity contribution in [1.29, 1.82) is 0 Å². The second kappa shape index (κ2) is 6.36. The lowest BCUT2D eigenvalue weighted by Crippen LogP contribution is -2.28. The fourth-order valence-electron chi connectivity index (χ4n) is 3.20. The number of benzene rings is 1. The van der Waals surface area contributed by atoms with Gasteiger partial charge >= 0.3 is 0 Å². The third-order valence-corrected chi connectivity index (χ3v) is 5.22. The molecule has 1 saturated carbocycles. The molecule has 0 heterocycles. The van der Waals surface area contributed by atoms with E-state index >= 15 is 0 Å². The molecule has 19 heavy (non-hydrogen) atoms. The lowest BCUT2D eigenvalue weighted by molar-refractivity contribution is 0.202. The fourth-order valence-corrected chi connectivity index (χ4v) is 3.58. The van der Waals surface area contributed by atoms with Crippen molar-refractivity contribution in [3.05, 3.63) is 34.1 Å². The van der Waals surface area contributed by atoms with Gasteiger partial charge in [0.15, 0.2) is 0 Å². The smallest absolute Gasteiger partial charge is 0.142 e. The van der Waals surface area contributed by atoms with Crippen LogP contribution in [0.5, 0.6) is 0 Å². The van der Waals surface area contributed by atoms with Crippen LogP contribution < -0.4 is 5.73 Å². The number of rotatable bonds is 3. The number of hydrogen-bond acceptors (Lipinski definition) is 1. The molecule has 1 unspecified atom stereocenters. The third kappa shape index (κ3) is 3.38. The van der Waals surface area contributed by atoms with Gasteiger partial charge in [-0.1, -0.05) is 26.0 Å². The molecule has 1 aliphatic carbocycles. The van der Waals surface area contributed by atoms with Gasteiger partial charge in [0.05, 0.1) is 4.47 Å². The molecule has 0 saturated heterocycles. The van der Waals surface area contributed by atoms with Gasteiger partial charge in [-0.3, -0.25) is 0 Å². The molecule has 0 aromatic heterocycles. The molecule has 0 bridgehead atoms. The van der Waals surface area contributed by atoms with Crippen LogP contribution in [0.3, 0.4) is 0 Å². The van der Waals surface area contributed by atoms with E-state index in [2.05, 4.69) is 29.8 Å². The van der Waals surface area contributed by atoms with Crippen molar-refractivity contribution in [3.8, 4) is 0 Å². The summed E-state index contributed by atoms with van der Waals surface area (Å²) in [6, 6.07) is 5.23. The Morgan fingerprint density at radius 2 is 1.74 bits per heavy atom. The molecule has 1 atom stereocenters. The molecule has 2 N–H and O–H groups in total. The maximum atomic E-state index is 14.1. The molecular formula is C16H23BrFN. The van der Waals surface area contributed by atoms with E-state index in [0.29, 0.717) is 16.0 Å². The van der Waals surface area contributed by atoms with Crippen molar-refractivity contribution in [3.63, 3.8) is 0 Å². The Morgan fingerprint density at radius 3 is 2.32 bits per heavy atom. The molecule has 1 aromatic carbocycles. The average Bonchev–Trinajstić information content (AvgIpc) is 2.41. The zero-order valence-corrected chi connectivity index (χ0v) is 13.3. The van der Waals surface area contributed by atoms with E-state index in [1.54, 1.807) is 6.07 Å². The molecule has 0 amide bonds. The van der Waals surface area contributed by atoms with Gasteiger partial charge in [0.25, 0.3) is 0 Å². The first-order valence-corrected chi connectivity index (χ1v) is 7.99. The van der Waals surface area contributed by atoms with E-state index in [1.807, 2.05) is 12.1 Å². The van der Waals surface area contributed by atoms with Crippen LogP contribution in [0.1, 0.15) is 51.1 Å². The Hall–Kier alpha value is -0.410. The Morgan fingerprint density at radius 1 is 1.16 bits per heavy atom. The largest absolute Gasteiger partial charge is 0.324 e. The summed E-state index contributed by atoms with van der Waals surface area (Å²) in [5.41, 5.74) is 6.96. The first kappa shape index (κ1) is 15.0. The molecule has 106 valence electrons. The zero-order chi connectivity index (χ0) is 14.0. The Labute approximate surface area is 123 Å². The van der Waals surface area contributed by atoms with Crippen LogP contribution in [0.15, 0.2) is 22.7 Å². The Balaban J connectivity index is 2.05. The molecule has 1 aliphatic rings. The predicted octanol–water partition coefficient (Wildman–Crippen LogP) is 5.05. The summed E-state index contributed by atoms with van der Waals surface area (Å²) in [4.78, 5) is 0. The van der Waals surface area contributed by atoms with Gasteiger partial charge in [-0.05, 0) is 65.4 Å². The van der Waals surface area contributed by atoms with Crippen LogP contribution in [-0.2, 0) is 0 Å². The summed E-state index contributed by atoms with van der Waals surface area (Å²) in [6.45, 7) is 4.58. The van der Waals surface area contributed by atoms with E-state index in [1.165, 1.54) is 12.8 Å². The van der Waals surface area contributed by atoms with E-state index in [-0.39, 0.29) is 11.9 Å². The summed E-state index contributed by atoms with van der Waals surface area (Å²) in [7, 11) is 0. The standard InChI is InChI=1S/C16H23BrFN/c1-10(2)11-6-8-12(9-7-11)16(19)13-4-3-5-14(17)15(13)18/h3-5,10-12,16H,6-9,19H2,1-2H3. The van der Waals surface area contributed by atoms with Gasteiger partial charge in [0.1, 0.15) is 5.82 Å². The maximum Gasteiger partial charge on any atom is 0.142 e. The highest BCUT2D eigenvalue weighted by Gasteiger charge is 2.29. The lowest BCUT2D eigenvalue weighted by Gasteiger charge is -2.34. The topological polar surface area (TPSA) is 26.0 Å². The molecule has 1 fully saturated rings. The Kier molecular flexibility index (Phi) is 5.02. The van der Waals surface area contributed by atoms with Crippen LogP contribution in [0.4, 0.5) is 4.39 Å². The van der Waals surface area contributed by atoms with Crippen molar-refractivity contribution in [1.82, 2.24) is 0 Å². The van der Waals surface area contributed by atoms with Crippen molar-refractivity contribution in [2.75, 3.05) is 0 Å². The van der Waals surface area contributed by atoms with E-state index in [4.69, 9.17) is 5.73 Å². The maximum absolute atomic E-state index is 14.1. The number of hydrogen-bond donors (Lipinski definition) is 1.